The molecule has 5 heteroatoms. The van der Waals surface area contributed by atoms with Gasteiger partial charge in [0.1, 0.15) is 0 Å². The van der Waals surface area contributed by atoms with Gasteiger partial charge in [-0.25, -0.2) is 0 Å². The van der Waals surface area contributed by atoms with Crippen molar-refractivity contribution in [3.05, 3.63) is 36.7 Å². The molecule has 2 N–H and O–H groups in total. The quantitative estimate of drug-likeness (QED) is 0.605. The molecule has 0 spiro atoms. The summed E-state index contributed by atoms with van der Waals surface area (Å²) in [6.07, 6.45) is 4.24. The van der Waals surface area contributed by atoms with E-state index in [9.17, 15) is 0 Å². The molecule has 0 amide bonds. The van der Waals surface area contributed by atoms with Crippen LogP contribution in [0.4, 0.5) is 0 Å². The minimum Gasteiger partial charge on any atom is -0.314 e. The summed E-state index contributed by atoms with van der Waals surface area (Å²) < 4.78 is 3.40. The molecule has 0 saturated heterocycles. The van der Waals surface area contributed by atoms with Crippen molar-refractivity contribution < 1.29 is 0 Å². The number of nitrogens with one attached hydrogen (secondary N) is 2. The Morgan fingerprint density at radius 3 is 3.10 bits per heavy atom. The van der Waals surface area contributed by atoms with E-state index in [1.165, 1.54) is 10.3 Å². The maximum Gasteiger partial charge on any atom is 0.0635 e. The lowest BCUT2D eigenvalue weighted by atomic mass is 10.2. The summed E-state index contributed by atoms with van der Waals surface area (Å²) in [4.78, 5) is 5.30. The van der Waals surface area contributed by atoms with Gasteiger partial charge in [0.05, 0.1) is 6.07 Å². The van der Waals surface area contributed by atoms with Crippen molar-refractivity contribution in [2.24, 2.45) is 0 Å². The molecular formula is C15H18N4S. The van der Waals surface area contributed by atoms with Crippen molar-refractivity contribution in [2.75, 3.05) is 13.1 Å². The van der Waals surface area contributed by atoms with Gasteiger partial charge in [0.15, 0.2) is 0 Å². The number of nitrogens with zero attached hydrogens (tertiary/aromatic N) is 2. The van der Waals surface area contributed by atoms with Gasteiger partial charge >= 0.3 is 0 Å². The molecular weight excluding hydrogens is 268 g/mol. The van der Waals surface area contributed by atoms with Gasteiger partial charge in [-0.2, -0.15) is 5.26 Å². The zero-order valence-corrected chi connectivity index (χ0v) is 12.3. The highest BCUT2D eigenvalue weighted by Gasteiger charge is 2.02. The van der Waals surface area contributed by atoms with E-state index < -0.39 is 0 Å². The van der Waals surface area contributed by atoms with Crippen LogP contribution in [0.5, 0.6) is 0 Å². The van der Waals surface area contributed by atoms with Gasteiger partial charge in [0.2, 0.25) is 0 Å². The van der Waals surface area contributed by atoms with Gasteiger partial charge in [0, 0.05) is 48.2 Å². The normalized spacial score (nSPS) is 12.2. The molecule has 0 radical (unpaired) electrons. The first-order valence-electron chi connectivity index (χ1n) is 6.63. The fourth-order valence-corrected chi connectivity index (χ4v) is 2.54. The topological polar surface area (TPSA) is 60.7 Å². The number of nitriles is 1. The number of benzene rings is 1. The fraction of sp³-hybridized carbons (Fsp3) is 0.333. The number of hydrogen-bond acceptors (Lipinski definition) is 5. The van der Waals surface area contributed by atoms with Crippen LogP contribution in [0.15, 0.2) is 41.6 Å². The van der Waals surface area contributed by atoms with E-state index in [0.717, 1.165) is 18.5 Å². The maximum absolute atomic E-state index is 8.46. The van der Waals surface area contributed by atoms with Crippen LogP contribution in [0.2, 0.25) is 0 Å². The number of rotatable bonds is 7. The van der Waals surface area contributed by atoms with Crippen molar-refractivity contribution in [3.63, 3.8) is 0 Å². The Morgan fingerprint density at radius 1 is 1.35 bits per heavy atom. The van der Waals surface area contributed by atoms with E-state index in [2.05, 4.69) is 46.2 Å². The molecule has 0 aliphatic carbocycles. The van der Waals surface area contributed by atoms with Crippen molar-refractivity contribution in [1.29, 1.82) is 5.26 Å². The summed E-state index contributed by atoms with van der Waals surface area (Å²) in [7, 11) is 0. The summed E-state index contributed by atoms with van der Waals surface area (Å²) in [5, 5.41) is 14.1. The molecule has 1 aromatic carbocycles. The molecule has 4 nitrogen and oxygen atoms in total. The molecule has 0 aliphatic rings. The Bertz CT molecular complexity index is 594. The van der Waals surface area contributed by atoms with Crippen LogP contribution < -0.4 is 10.0 Å². The maximum atomic E-state index is 8.46. The van der Waals surface area contributed by atoms with Gasteiger partial charge in [-0.1, -0.05) is 6.07 Å². The third kappa shape index (κ3) is 4.49. The van der Waals surface area contributed by atoms with Gasteiger partial charge in [-0.3, -0.25) is 9.71 Å². The minimum atomic E-state index is 0.340. The summed E-state index contributed by atoms with van der Waals surface area (Å²) in [6, 6.07) is 10.8. The highest BCUT2D eigenvalue weighted by molar-refractivity contribution is 7.97. The number of aromatic nitrogens is 1. The van der Waals surface area contributed by atoms with Gasteiger partial charge in [-0.15, -0.1) is 0 Å². The van der Waals surface area contributed by atoms with Crippen LogP contribution in [0.25, 0.3) is 10.8 Å². The average Bonchev–Trinajstić information content (AvgIpc) is 2.49. The van der Waals surface area contributed by atoms with E-state index in [-0.39, 0.29) is 0 Å². The van der Waals surface area contributed by atoms with Crippen LogP contribution >= 0.6 is 11.9 Å². The Morgan fingerprint density at radius 2 is 2.25 bits per heavy atom. The Labute approximate surface area is 123 Å². The van der Waals surface area contributed by atoms with Gasteiger partial charge in [0.25, 0.3) is 0 Å². The zero-order chi connectivity index (χ0) is 14.2. The molecule has 2 rings (SSSR count). The first-order valence-corrected chi connectivity index (χ1v) is 7.45. The van der Waals surface area contributed by atoms with Crippen LogP contribution in [0.1, 0.15) is 13.3 Å². The zero-order valence-electron chi connectivity index (χ0n) is 11.5. The van der Waals surface area contributed by atoms with E-state index in [0.29, 0.717) is 12.5 Å². The molecule has 0 fully saturated rings. The van der Waals surface area contributed by atoms with Crippen LogP contribution in [-0.4, -0.2) is 24.1 Å². The molecule has 0 aliphatic heterocycles. The summed E-state index contributed by atoms with van der Waals surface area (Å²) >= 11 is 1.63. The monoisotopic (exact) mass is 286 g/mol. The SMILES string of the molecule is C[C@H](CNCCC#N)NSc1ccc2cnccc2c1. The number of hydrogen-bond donors (Lipinski definition) is 2. The van der Waals surface area contributed by atoms with Crippen molar-refractivity contribution >= 4 is 22.7 Å². The Balaban J connectivity index is 1.81. The first-order chi connectivity index (χ1) is 9.79. The molecule has 104 valence electrons. The average molecular weight is 286 g/mol. The van der Waals surface area contributed by atoms with Gasteiger partial charge < -0.3 is 5.32 Å². The number of pyridine rings is 1. The van der Waals surface area contributed by atoms with Gasteiger partial charge in [-0.05, 0) is 42.5 Å². The minimum absolute atomic E-state index is 0.340. The predicted octanol–water partition coefficient (Wildman–Crippen LogP) is 2.72. The second kappa shape index (κ2) is 7.85. The molecule has 0 saturated carbocycles. The Kier molecular flexibility index (Phi) is 5.81. The van der Waals surface area contributed by atoms with E-state index >= 15 is 0 Å². The fourth-order valence-electron chi connectivity index (χ4n) is 1.80. The highest BCUT2D eigenvalue weighted by Crippen LogP contribution is 2.21. The lowest BCUT2D eigenvalue weighted by Crippen LogP contribution is -2.33. The highest BCUT2D eigenvalue weighted by atomic mass is 32.2. The largest absolute Gasteiger partial charge is 0.314 e. The second-order valence-corrected chi connectivity index (χ2v) is 5.53. The van der Waals surface area contributed by atoms with Crippen molar-refractivity contribution in [1.82, 2.24) is 15.0 Å². The lowest BCUT2D eigenvalue weighted by Gasteiger charge is -2.13. The smallest absolute Gasteiger partial charge is 0.0635 e. The first kappa shape index (κ1) is 14.8. The second-order valence-electron chi connectivity index (χ2n) is 4.62. The molecule has 0 unspecified atom stereocenters. The van der Waals surface area contributed by atoms with Crippen molar-refractivity contribution in [3.8, 4) is 6.07 Å². The standard InChI is InChI=1S/C15H18N4S/c1-12(10-17-7-2-6-16)19-20-15-4-3-14-11-18-8-5-13(14)9-15/h3-5,8-9,11-12,17,19H,2,7,10H2,1H3/t12-/m1/s1. The van der Waals surface area contributed by atoms with E-state index in [1.54, 1.807) is 11.9 Å². The molecule has 1 aromatic heterocycles. The molecule has 1 heterocycles. The van der Waals surface area contributed by atoms with Crippen molar-refractivity contribution in [2.45, 2.75) is 24.3 Å². The van der Waals surface area contributed by atoms with E-state index in [1.807, 2.05) is 18.5 Å². The van der Waals surface area contributed by atoms with Crippen LogP contribution in [-0.2, 0) is 0 Å². The molecule has 0 bridgehead atoms. The third-order valence-electron chi connectivity index (χ3n) is 2.85. The molecule has 2 aromatic rings. The van der Waals surface area contributed by atoms with Crippen LogP contribution in [0.3, 0.4) is 0 Å². The summed E-state index contributed by atoms with van der Waals surface area (Å²) in [5.74, 6) is 0. The third-order valence-corrected chi connectivity index (χ3v) is 3.86. The van der Waals surface area contributed by atoms with E-state index in [4.69, 9.17) is 5.26 Å². The summed E-state index contributed by atoms with van der Waals surface area (Å²) in [5.41, 5.74) is 0. The number of fused-ring (bicyclic) bond motifs is 1. The van der Waals surface area contributed by atoms with Crippen LogP contribution in [0, 0.1) is 11.3 Å². The lowest BCUT2D eigenvalue weighted by molar-refractivity contribution is 0.590. The predicted molar refractivity (Wildman–Crippen MR) is 83.3 cm³/mol. The molecule has 1 atom stereocenters. The Hall–Kier alpha value is -1.61. The summed E-state index contributed by atoms with van der Waals surface area (Å²) in [6.45, 7) is 3.72. The molecule has 20 heavy (non-hydrogen) atoms.